The molecule has 1 aliphatic heterocycles. The molecule has 1 aromatic heterocycles. The van der Waals surface area contributed by atoms with E-state index >= 15 is 0 Å². The summed E-state index contributed by atoms with van der Waals surface area (Å²) >= 11 is 0. The third kappa shape index (κ3) is 4.85. The van der Waals surface area contributed by atoms with Gasteiger partial charge in [-0.2, -0.15) is 0 Å². The van der Waals surface area contributed by atoms with E-state index in [0.717, 1.165) is 60.1 Å². The van der Waals surface area contributed by atoms with Crippen LogP contribution in [0.5, 0.6) is 11.5 Å². The van der Waals surface area contributed by atoms with Crippen LogP contribution in [0.2, 0.25) is 0 Å². The number of nitrogens with zero attached hydrogens (tertiary/aromatic N) is 3. The highest BCUT2D eigenvalue weighted by Crippen LogP contribution is 2.30. The molecule has 31 heavy (non-hydrogen) atoms. The Bertz CT molecular complexity index is 1050. The van der Waals surface area contributed by atoms with Crippen LogP contribution in [0.1, 0.15) is 23.9 Å². The lowest BCUT2D eigenvalue weighted by Crippen LogP contribution is -2.31. The molecule has 5 nitrogen and oxygen atoms in total. The molecule has 2 aromatic carbocycles. The molecular formula is C23H24F3N3O2. The highest BCUT2D eigenvalue weighted by molar-refractivity contribution is 5.58. The maximum absolute atomic E-state index is 12.4. The second-order valence-electron chi connectivity index (χ2n) is 7.46. The molecule has 4 rings (SSSR count). The molecule has 0 unspecified atom stereocenters. The number of rotatable bonds is 6. The Morgan fingerprint density at radius 1 is 1.06 bits per heavy atom. The predicted molar refractivity (Wildman–Crippen MR) is 111 cm³/mol. The van der Waals surface area contributed by atoms with Crippen LogP contribution in [0.3, 0.4) is 0 Å². The van der Waals surface area contributed by atoms with Crippen molar-refractivity contribution in [1.82, 2.24) is 14.5 Å². The van der Waals surface area contributed by atoms with Crippen LogP contribution in [0.15, 0.2) is 48.5 Å². The van der Waals surface area contributed by atoms with Gasteiger partial charge in [0.1, 0.15) is 17.3 Å². The first-order valence-electron chi connectivity index (χ1n) is 10.2. The number of para-hydroxylation sites is 1. The zero-order chi connectivity index (χ0) is 22.0. The van der Waals surface area contributed by atoms with Gasteiger partial charge < -0.3 is 14.0 Å². The highest BCUT2D eigenvalue weighted by atomic mass is 19.4. The fourth-order valence-electron chi connectivity index (χ4n) is 3.91. The minimum Gasteiger partial charge on any atom is -0.494 e. The highest BCUT2D eigenvalue weighted by Gasteiger charge is 2.31. The first-order valence-corrected chi connectivity index (χ1v) is 10.2. The van der Waals surface area contributed by atoms with Crippen LogP contribution in [-0.2, 0) is 26.6 Å². The van der Waals surface area contributed by atoms with Gasteiger partial charge in [0.15, 0.2) is 0 Å². The summed E-state index contributed by atoms with van der Waals surface area (Å²) < 4.78 is 48.9. The lowest BCUT2D eigenvalue weighted by Gasteiger charge is -2.27. The molecule has 1 aliphatic rings. The van der Waals surface area contributed by atoms with Gasteiger partial charge in [0.25, 0.3) is 0 Å². The van der Waals surface area contributed by atoms with Crippen molar-refractivity contribution in [3.63, 3.8) is 0 Å². The number of aromatic nitrogens is 2. The maximum atomic E-state index is 12.4. The zero-order valence-corrected chi connectivity index (χ0v) is 17.4. The first kappa shape index (κ1) is 21.2. The molecule has 2 heterocycles. The fourth-order valence-corrected chi connectivity index (χ4v) is 3.91. The molecule has 0 fully saturated rings. The number of imidazole rings is 1. The van der Waals surface area contributed by atoms with Crippen molar-refractivity contribution < 1.29 is 22.6 Å². The summed E-state index contributed by atoms with van der Waals surface area (Å²) in [6.07, 6.45) is -3.89. The second kappa shape index (κ2) is 8.63. The minimum absolute atomic E-state index is 0.241. The van der Waals surface area contributed by atoms with Crippen LogP contribution in [-0.4, -0.2) is 34.0 Å². The number of ether oxygens (including phenoxy) is 2. The van der Waals surface area contributed by atoms with E-state index in [1.54, 1.807) is 12.1 Å². The normalized spacial score (nSPS) is 14.4. The third-order valence-corrected chi connectivity index (χ3v) is 5.35. The Hall–Kier alpha value is -3.00. The predicted octanol–water partition coefficient (Wildman–Crippen LogP) is 4.94. The SMILES string of the molecule is CCOc1ccccc1CN1CCc2nc(-c3ccc(OC(F)(F)F)cc3)n(C)c2C1. The van der Waals surface area contributed by atoms with Crippen molar-refractivity contribution in [2.75, 3.05) is 13.2 Å². The molecule has 0 spiro atoms. The van der Waals surface area contributed by atoms with Gasteiger partial charge in [-0.3, -0.25) is 4.90 Å². The van der Waals surface area contributed by atoms with E-state index in [9.17, 15) is 13.2 Å². The van der Waals surface area contributed by atoms with Gasteiger partial charge in [-0.25, -0.2) is 4.98 Å². The molecule has 0 bridgehead atoms. The topological polar surface area (TPSA) is 39.5 Å². The van der Waals surface area contributed by atoms with E-state index in [0.29, 0.717) is 6.61 Å². The molecule has 0 amide bonds. The van der Waals surface area contributed by atoms with E-state index in [2.05, 4.69) is 15.7 Å². The molecule has 0 saturated carbocycles. The number of hydrogen-bond donors (Lipinski definition) is 0. The monoisotopic (exact) mass is 431 g/mol. The van der Waals surface area contributed by atoms with Crippen molar-refractivity contribution in [2.45, 2.75) is 32.8 Å². The quantitative estimate of drug-likeness (QED) is 0.554. The van der Waals surface area contributed by atoms with E-state index in [-0.39, 0.29) is 5.75 Å². The number of benzene rings is 2. The Morgan fingerprint density at radius 2 is 1.81 bits per heavy atom. The Balaban J connectivity index is 1.51. The third-order valence-electron chi connectivity index (χ3n) is 5.35. The van der Waals surface area contributed by atoms with E-state index in [4.69, 9.17) is 9.72 Å². The summed E-state index contributed by atoms with van der Waals surface area (Å²) in [5.74, 6) is 1.40. The first-order chi connectivity index (χ1) is 14.8. The number of alkyl halides is 3. The molecule has 0 atom stereocenters. The van der Waals surface area contributed by atoms with Crippen LogP contribution < -0.4 is 9.47 Å². The molecule has 0 aliphatic carbocycles. The van der Waals surface area contributed by atoms with Crippen molar-refractivity contribution >= 4 is 0 Å². The number of fused-ring (bicyclic) bond motifs is 1. The summed E-state index contributed by atoms with van der Waals surface area (Å²) in [6.45, 7) is 5.00. The fraction of sp³-hybridized carbons (Fsp3) is 0.348. The summed E-state index contributed by atoms with van der Waals surface area (Å²) in [6, 6.07) is 13.9. The van der Waals surface area contributed by atoms with Gasteiger partial charge in [0, 0.05) is 44.2 Å². The Labute approximate surface area is 179 Å². The molecule has 164 valence electrons. The lowest BCUT2D eigenvalue weighted by molar-refractivity contribution is -0.274. The zero-order valence-electron chi connectivity index (χ0n) is 17.4. The second-order valence-corrected chi connectivity index (χ2v) is 7.46. The molecule has 0 radical (unpaired) electrons. The minimum atomic E-state index is -4.70. The van der Waals surface area contributed by atoms with Crippen LogP contribution in [0, 0.1) is 0 Å². The van der Waals surface area contributed by atoms with Crippen molar-refractivity contribution in [2.24, 2.45) is 7.05 Å². The van der Waals surface area contributed by atoms with Crippen molar-refractivity contribution in [1.29, 1.82) is 0 Å². The molecule has 8 heteroatoms. The van der Waals surface area contributed by atoms with E-state index < -0.39 is 6.36 Å². The van der Waals surface area contributed by atoms with Gasteiger partial charge in [-0.15, -0.1) is 13.2 Å². The lowest BCUT2D eigenvalue weighted by atomic mass is 10.1. The summed E-state index contributed by atoms with van der Waals surface area (Å²) in [7, 11) is 1.94. The largest absolute Gasteiger partial charge is 0.573 e. The summed E-state index contributed by atoms with van der Waals surface area (Å²) in [5, 5.41) is 0. The maximum Gasteiger partial charge on any atom is 0.573 e. The van der Waals surface area contributed by atoms with Gasteiger partial charge in [-0.05, 0) is 37.3 Å². The molecule has 0 N–H and O–H groups in total. The van der Waals surface area contributed by atoms with Gasteiger partial charge in [-0.1, -0.05) is 18.2 Å². The number of hydrogen-bond acceptors (Lipinski definition) is 4. The Morgan fingerprint density at radius 3 is 2.52 bits per heavy atom. The summed E-state index contributed by atoms with van der Waals surface area (Å²) in [4.78, 5) is 7.11. The van der Waals surface area contributed by atoms with Crippen LogP contribution in [0.25, 0.3) is 11.4 Å². The average molecular weight is 431 g/mol. The van der Waals surface area contributed by atoms with E-state index in [1.165, 1.54) is 12.1 Å². The molecular weight excluding hydrogens is 407 g/mol. The standard InChI is InChI=1S/C23H24F3N3O2/c1-3-30-21-7-5-4-6-17(21)14-29-13-12-19-20(15-29)28(2)22(27-19)16-8-10-18(11-9-16)31-23(24,25)26/h4-11H,3,12-15H2,1-2H3. The molecule has 3 aromatic rings. The summed E-state index contributed by atoms with van der Waals surface area (Å²) in [5.41, 5.74) is 4.04. The smallest absolute Gasteiger partial charge is 0.494 e. The van der Waals surface area contributed by atoms with Crippen LogP contribution in [0.4, 0.5) is 13.2 Å². The molecule has 0 saturated heterocycles. The van der Waals surface area contributed by atoms with Gasteiger partial charge in [0.05, 0.1) is 18.0 Å². The van der Waals surface area contributed by atoms with Gasteiger partial charge >= 0.3 is 6.36 Å². The van der Waals surface area contributed by atoms with Crippen molar-refractivity contribution in [3.8, 4) is 22.9 Å². The average Bonchev–Trinajstić information content (AvgIpc) is 3.05. The number of halogens is 3. The van der Waals surface area contributed by atoms with E-state index in [1.807, 2.05) is 36.7 Å². The van der Waals surface area contributed by atoms with Crippen LogP contribution >= 0.6 is 0 Å². The van der Waals surface area contributed by atoms with Gasteiger partial charge in [0.2, 0.25) is 0 Å². The Kier molecular flexibility index (Phi) is 5.91. The van der Waals surface area contributed by atoms with Crippen molar-refractivity contribution in [3.05, 3.63) is 65.5 Å².